The molecule has 1 N–H and O–H groups in total. The number of alkyl halides is 3. The molecule has 0 spiro atoms. The van der Waals surface area contributed by atoms with Gasteiger partial charge in [0.05, 0.1) is 5.38 Å². The first-order chi connectivity index (χ1) is 8.89. The van der Waals surface area contributed by atoms with Gasteiger partial charge in [-0.05, 0) is 18.8 Å². The van der Waals surface area contributed by atoms with E-state index in [1.165, 1.54) is 0 Å². The number of amides is 1. The van der Waals surface area contributed by atoms with Crippen LogP contribution in [0.2, 0.25) is 0 Å². The van der Waals surface area contributed by atoms with E-state index in [2.05, 4.69) is 19.2 Å². The largest absolute Gasteiger partial charge is 0.354 e. The number of nitrogens with one attached hydrogen (secondary N) is 1. The Bertz CT molecular complexity index is 285. The minimum Gasteiger partial charge on any atom is -0.354 e. The number of carbonyl (C=O) groups is 1. The molecule has 1 aliphatic carbocycles. The highest BCUT2D eigenvalue weighted by atomic mass is 35.5. The quantitative estimate of drug-likeness (QED) is 0.738. The molecule has 1 fully saturated rings. The van der Waals surface area contributed by atoms with Crippen molar-refractivity contribution >= 4 is 17.5 Å². The summed E-state index contributed by atoms with van der Waals surface area (Å²) >= 11 is 6.24. The standard InChI is InChI=1S/C14H24ClF2NO/c1-3-10(4-2)12(15)9-18-13(19)11-5-7-14(16,17)8-6-11/h10-12H,3-9H2,1-2H3,(H,18,19). The number of halogens is 3. The number of rotatable bonds is 6. The number of hydrogen-bond donors (Lipinski definition) is 1. The fourth-order valence-corrected chi connectivity index (χ4v) is 3.05. The van der Waals surface area contributed by atoms with Crippen molar-refractivity contribution in [1.82, 2.24) is 5.32 Å². The first kappa shape index (κ1) is 16.7. The normalized spacial score (nSPS) is 21.4. The molecule has 0 aromatic rings. The summed E-state index contributed by atoms with van der Waals surface area (Å²) < 4.78 is 26.0. The lowest BCUT2D eigenvalue weighted by molar-refractivity contribution is -0.129. The van der Waals surface area contributed by atoms with E-state index >= 15 is 0 Å². The lowest BCUT2D eigenvalue weighted by Crippen LogP contribution is -2.39. The van der Waals surface area contributed by atoms with Crippen LogP contribution in [0, 0.1) is 11.8 Å². The van der Waals surface area contributed by atoms with E-state index in [0.717, 1.165) is 12.8 Å². The Hall–Kier alpha value is -0.380. The second-order valence-corrected chi connectivity index (χ2v) is 6.03. The summed E-state index contributed by atoms with van der Waals surface area (Å²) in [5, 5.41) is 2.73. The second kappa shape index (κ2) is 7.41. The van der Waals surface area contributed by atoms with Gasteiger partial charge in [0, 0.05) is 25.3 Å². The summed E-state index contributed by atoms with van der Waals surface area (Å²) in [7, 11) is 0. The van der Waals surface area contributed by atoms with Crippen molar-refractivity contribution in [2.45, 2.75) is 63.7 Å². The second-order valence-electron chi connectivity index (χ2n) is 5.47. The van der Waals surface area contributed by atoms with Crippen LogP contribution in [0.4, 0.5) is 8.78 Å². The fraction of sp³-hybridized carbons (Fsp3) is 0.929. The maximum Gasteiger partial charge on any atom is 0.248 e. The Morgan fingerprint density at radius 1 is 1.32 bits per heavy atom. The van der Waals surface area contributed by atoms with Gasteiger partial charge in [-0.25, -0.2) is 8.78 Å². The Labute approximate surface area is 119 Å². The molecule has 0 aromatic heterocycles. The van der Waals surface area contributed by atoms with Gasteiger partial charge >= 0.3 is 0 Å². The summed E-state index contributed by atoms with van der Waals surface area (Å²) in [6, 6.07) is 0. The molecule has 112 valence electrons. The average molecular weight is 296 g/mol. The first-order valence-electron chi connectivity index (χ1n) is 7.19. The maximum atomic E-state index is 13.0. The van der Waals surface area contributed by atoms with Crippen molar-refractivity contribution in [3.8, 4) is 0 Å². The summed E-state index contributed by atoms with van der Waals surface area (Å²) in [5.74, 6) is -2.59. The van der Waals surface area contributed by atoms with Gasteiger partial charge in [0.15, 0.2) is 0 Å². The van der Waals surface area contributed by atoms with Gasteiger partial charge in [0.1, 0.15) is 0 Å². The van der Waals surface area contributed by atoms with Gasteiger partial charge in [0.25, 0.3) is 0 Å². The van der Waals surface area contributed by atoms with Crippen LogP contribution in [-0.2, 0) is 4.79 Å². The summed E-state index contributed by atoms with van der Waals surface area (Å²) in [6.07, 6.45) is 2.16. The Morgan fingerprint density at radius 3 is 2.32 bits per heavy atom. The molecule has 0 radical (unpaired) electrons. The smallest absolute Gasteiger partial charge is 0.248 e. The highest BCUT2D eigenvalue weighted by molar-refractivity contribution is 6.21. The molecule has 1 amide bonds. The Morgan fingerprint density at radius 2 is 1.84 bits per heavy atom. The molecule has 0 saturated heterocycles. The molecular formula is C14H24ClF2NO. The van der Waals surface area contributed by atoms with Crippen LogP contribution in [-0.4, -0.2) is 23.8 Å². The molecule has 1 unspecified atom stereocenters. The minimum atomic E-state index is -2.58. The fourth-order valence-electron chi connectivity index (χ4n) is 2.61. The highest BCUT2D eigenvalue weighted by Crippen LogP contribution is 2.36. The van der Waals surface area contributed by atoms with Gasteiger partial charge in [0.2, 0.25) is 11.8 Å². The first-order valence-corrected chi connectivity index (χ1v) is 7.62. The maximum absolute atomic E-state index is 13.0. The predicted molar refractivity (Wildman–Crippen MR) is 73.6 cm³/mol. The topological polar surface area (TPSA) is 29.1 Å². The zero-order chi connectivity index (χ0) is 14.5. The van der Waals surface area contributed by atoms with E-state index < -0.39 is 5.92 Å². The third kappa shape index (κ3) is 5.25. The summed E-state index contributed by atoms with van der Waals surface area (Å²) in [5.41, 5.74) is 0. The van der Waals surface area contributed by atoms with Crippen LogP contribution in [0.5, 0.6) is 0 Å². The molecule has 0 aliphatic heterocycles. The third-order valence-electron chi connectivity index (χ3n) is 4.12. The third-order valence-corrected chi connectivity index (χ3v) is 4.63. The van der Waals surface area contributed by atoms with Crippen molar-refractivity contribution in [1.29, 1.82) is 0 Å². The van der Waals surface area contributed by atoms with Gasteiger partial charge in [-0.1, -0.05) is 26.7 Å². The lowest BCUT2D eigenvalue weighted by atomic mass is 9.86. The van der Waals surface area contributed by atoms with E-state index in [4.69, 9.17) is 11.6 Å². The number of hydrogen-bond acceptors (Lipinski definition) is 1. The van der Waals surface area contributed by atoms with Crippen molar-refractivity contribution < 1.29 is 13.6 Å². The molecule has 1 rings (SSSR count). The van der Waals surface area contributed by atoms with Crippen molar-refractivity contribution in [3.05, 3.63) is 0 Å². The molecule has 1 aliphatic rings. The van der Waals surface area contributed by atoms with Crippen LogP contribution in [0.15, 0.2) is 0 Å². The molecule has 2 nitrogen and oxygen atoms in total. The molecule has 0 aromatic carbocycles. The monoisotopic (exact) mass is 295 g/mol. The van der Waals surface area contributed by atoms with Gasteiger partial charge < -0.3 is 5.32 Å². The van der Waals surface area contributed by atoms with Crippen LogP contribution < -0.4 is 5.32 Å². The molecule has 0 bridgehead atoms. The van der Waals surface area contributed by atoms with Crippen molar-refractivity contribution in [3.63, 3.8) is 0 Å². The molecule has 1 atom stereocenters. The lowest BCUT2D eigenvalue weighted by Gasteiger charge is -2.28. The van der Waals surface area contributed by atoms with Crippen molar-refractivity contribution in [2.24, 2.45) is 11.8 Å². The van der Waals surface area contributed by atoms with Crippen LogP contribution >= 0.6 is 11.6 Å². The Balaban J connectivity index is 2.32. The van der Waals surface area contributed by atoms with Crippen LogP contribution in [0.25, 0.3) is 0 Å². The number of carbonyl (C=O) groups excluding carboxylic acids is 1. The predicted octanol–water partition coefficient (Wildman–Crippen LogP) is 3.97. The average Bonchev–Trinajstić information content (AvgIpc) is 2.37. The van der Waals surface area contributed by atoms with E-state index in [9.17, 15) is 13.6 Å². The SMILES string of the molecule is CCC(CC)C(Cl)CNC(=O)C1CCC(F)(F)CC1. The van der Waals surface area contributed by atoms with Gasteiger partial charge in [-0.2, -0.15) is 0 Å². The van der Waals surface area contributed by atoms with E-state index in [1.54, 1.807) is 0 Å². The van der Waals surface area contributed by atoms with E-state index in [1.807, 2.05) is 0 Å². The van der Waals surface area contributed by atoms with Crippen LogP contribution in [0.3, 0.4) is 0 Å². The van der Waals surface area contributed by atoms with Crippen molar-refractivity contribution in [2.75, 3.05) is 6.54 Å². The molecule has 0 heterocycles. The molecule has 5 heteroatoms. The van der Waals surface area contributed by atoms with Crippen LogP contribution in [0.1, 0.15) is 52.4 Å². The summed E-state index contributed by atoms with van der Waals surface area (Å²) in [4.78, 5) is 11.9. The minimum absolute atomic E-state index is 0.0796. The zero-order valence-electron chi connectivity index (χ0n) is 11.7. The van der Waals surface area contributed by atoms with Gasteiger partial charge in [-0.3, -0.25) is 4.79 Å². The molecule has 1 saturated carbocycles. The zero-order valence-corrected chi connectivity index (χ0v) is 12.5. The summed E-state index contributed by atoms with van der Waals surface area (Å²) in [6.45, 7) is 4.59. The van der Waals surface area contributed by atoms with E-state index in [-0.39, 0.29) is 42.9 Å². The van der Waals surface area contributed by atoms with E-state index in [0.29, 0.717) is 12.5 Å². The highest BCUT2D eigenvalue weighted by Gasteiger charge is 2.37. The Kier molecular flexibility index (Phi) is 6.51. The van der Waals surface area contributed by atoms with Gasteiger partial charge in [-0.15, -0.1) is 11.6 Å². The molecular weight excluding hydrogens is 272 g/mol. The molecule has 19 heavy (non-hydrogen) atoms.